The maximum atomic E-state index is 12.2. The van der Waals surface area contributed by atoms with Crippen LogP contribution in [0.3, 0.4) is 0 Å². The van der Waals surface area contributed by atoms with Crippen LogP contribution in [0.4, 0.5) is 0 Å². The number of hydrogen-bond acceptors (Lipinski definition) is 5. The van der Waals surface area contributed by atoms with E-state index in [2.05, 4.69) is 13.8 Å². The molecule has 5 heteroatoms. The zero-order valence-electron chi connectivity index (χ0n) is 15.8. The first-order valence-corrected chi connectivity index (χ1v) is 8.81. The van der Waals surface area contributed by atoms with Crippen LogP contribution in [0.15, 0.2) is 54.1 Å². The van der Waals surface area contributed by atoms with Gasteiger partial charge in [0.05, 0.1) is 0 Å². The van der Waals surface area contributed by atoms with E-state index in [4.69, 9.17) is 14.2 Å². The molecule has 1 fully saturated rings. The first-order chi connectivity index (χ1) is 12.8. The van der Waals surface area contributed by atoms with E-state index in [9.17, 15) is 9.59 Å². The fourth-order valence-corrected chi connectivity index (χ4v) is 2.80. The van der Waals surface area contributed by atoms with Crippen molar-refractivity contribution in [2.45, 2.75) is 39.4 Å². The molecular weight excluding hydrogens is 344 g/mol. The maximum absolute atomic E-state index is 12.2. The Balaban J connectivity index is 1.96. The Hall–Kier alpha value is -3.08. The van der Waals surface area contributed by atoms with E-state index in [0.717, 1.165) is 11.3 Å². The molecule has 2 aromatic carbocycles. The monoisotopic (exact) mass is 366 g/mol. The van der Waals surface area contributed by atoms with Crippen molar-refractivity contribution in [3.05, 3.63) is 65.2 Å². The van der Waals surface area contributed by atoms with Crippen molar-refractivity contribution in [2.24, 2.45) is 0 Å². The van der Waals surface area contributed by atoms with E-state index in [0.29, 0.717) is 11.3 Å². The highest BCUT2D eigenvalue weighted by Gasteiger charge is 2.39. The van der Waals surface area contributed by atoms with Crippen molar-refractivity contribution in [3.8, 4) is 11.5 Å². The molecule has 0 spiro atoms. The fourth-order valence-electron chi connectivity index (χ4n) is 2.80. The molecule has 5 nitrogen and oxygen atoms in total. The second-order valence-electron chi connectivity index (χ2n) is 7.07. The van der Waals surface area contributed by atoms with Crippen molar-refractivity contribution in [1.29, 1.82) is 0 Å². The molecule has 0 unspecified atom stereocenters. The van der Waals surface area contributed by atoms with Crippen LogP contribution >= 0.6 is 0 Å². The number of esters is 2. The predicted molar refractivity (Wildman–Crippen MR) is 101 cm³/mol. The largest absolute Gasteiger partial charge is 0.456 e. The molecule has 0 saturated carbocycles. The van der Waals surface area contributed by atoms with Gasteiger partial charge in [-0.15, -0.1) is 0 Å². The second-order valence-corrected chi connectivity index (χ2v) is 7.07. The lowest BCUT2D eigenvalue weighted by Gasteiger charge is -2.29. The number of ether oxygens (including phenoxy) is 3. The zero-order valence-corrected chi connectivity index (χ0v) is 15.8. The number of benzene rings is 2. The average molecular weight is 366 g/mol. The molecule has 1 aliphatic heterocycles. The second kappa shape index (κ2) is 7.27. The van der Waals surface area contributed by atoms with Crippen molar-refractivity contribution < 1.29 is 23.8 Å². The summed E-state index contributed by atoms with van der Waals surface area (Å²) in [6.45, 7) is 7.21. The van der Waals surface area contributed by atoms with Gasteiger partial charge in [-0.2, -0.15) is 0 Å². The molecule has 2 aromatic rings. The highest BCUT2D eigenvalue weighted by molar-refractivity contribution is 6.19. The number of rotatable bonds is 4. The van der Waals surface area contributed by atoms with Gasteiger partial charge in [-0.05, 0) is 29.7 Å². The average Bonchev–Trinajstić information content (AvgIpc) is 2.59. The van der Waals surface area contributed by atoms with E-state index in [1.165, 1.54) is 19.9 Å². The minimum Gasteiger partial charge on any atom is -0.456 e. The number of hydrogen-bond donors (Lipinski definition) is 0. The lowest BCUT2D eigenvalue weighted by atomic mass is 10.0. The molecule has 1 saturated heterocycles. The normalized spacial score (nSPS) is 16.0. The third-order valence-corrected chi connectivity index (χ3v) is 4.10. The number of carbonyl (C=O) groups excluding carboxylic acids is 2. The molecule has 0 bridgehead atoms. The van der Waals surface area contributed by atoms with Gasteiger partial charge in [-0.1, -0.05) is 50.2 Å². The summed E-state index contributed by atoms with van der Waals surface area (Å²) < 4.78 is 16.4. The van der Waals surface area contributed by atoms with Gasteiger partial charge in [-0.25, -0.2) is 9.59 Å². The third kappa shape index (κ3) is 4.19. The maximum Gasteiger partial charge on any atom is 0.348 e. The van der Waals surface area contributed by atoms with E-state index < -0.39 is 17.7 Å². The van der Waals surface area contributed by atoms with Crippen LogP contribution in [0.1, 0.15) is 44.7 Å². The summed E-state index contributed by atoms with van der Waals surface area (Å²) in [6, 6.07) is 15.0. The van der Waals surface area contributed by atoms with E-state index in [1.807, 2.05) is 30.3 Å². The van der Waals surface area contributed by atoms with E-state index in [-0.39, 0.29) is 11.5 Å². The van der Waals surface area contributed by atoms with Crippen LogP contribution in [0.25, 0.3) is 6.08 Å². The van der Waals surface area contributed by atoms with Crippen molar-refractivity contribution in [1.82, 2.24) is 0 Å². The third-order valence-electron chi connectivity index (χ3n) is 4.10. The summed E-state index contributed by atoms with van der Waals surface area (Å²) >= 11 is 0. The molecule has 0 N–H and O–H groups in total. The molecule has 140 valence electrons. The number of carbonyl (C=O) groups is 2. The summed E-state index contributed by atoms with van der Waals surface area (Å²) in [7, 11) is 0. The number of para-hydroxylation sites is 2. The minimum atomic E-state index is -1.27. The van der Waals surface area contributed by atoms with E-state index in [1.54, 1.807) is 18.2 Å². The Labute approximate surface area is 158 Å². The van der Waals surface area contributed by atoms with Gasteiger partial charge in [0.15, 0.2) is 0 Å². The van der Waals surface area contributed by atoms with Crippen molar-refractivity contribution in [2.75, 3.05) is 0 Å². The molecule has 0 aromatic heterocycles. The molecule has 0 radical (unpaired) electrons. The Morgan fingerprint density at radius 1 is 0.889 bits per heavy atom. The van der Waals surface area contributed by atoms with Crippen molar-refractivity contribution >= 4 is 18.0 Å². The topological polar surface area (TPSA) is 61.8 Å². The summed E-state index contributed by atoms with van der Waals surface area (Å²) in [5.41, 5.74) is 1.49. The minimum absolute atomic E-state index is 0.164. The molecule has 1 heterocycles. The molecule has 0 atom stereocenters. The Morgan fingerprint density at radius 3 is 2.07 bits per heavy atom. The van der Waals surface area contributed by atoms with Crippen LogP contribution < -0.4 is 4.74 Å². The summed E-state index contributed by atoms with van der Waals surface area (Å²) in [6.07, 6.45) is 1.44. The molecular formula is C22H22O5. The number of cyclic esters (lactones) is 2. The van der Waals surface area contributed by atoms with Gasteiger partial charge >= 0.3 is 11.9 Å². The molecule has 1 aliphatic rings. The lowest BCUT2D eigenvalue weighted by Crippen LogP contribution is -2.41. The van der Waals surface area contributed by atoms with Crippen LogP contribution in [-0.4, -0.2) is 17.7 Å². The van der Waals surface area contributed by atoms with Gasteiger partial charge in [-0.3, -0.25) is 0 Å². The van der Waals surface area contributed by atoms with Crippen LogP contribution in [-0.2, 0) is 19.1 Å². The summed E-state index contributed by atoms with van der Waals surface area (Å²) in [4.78, 5) is 24.4. The Bertz CT molecular complexity index is 886. The van der Waals surface area contributed by atoms with Gasteiger partial charge < -0.3 is 14.2 Å². The van der Waals surface area contributed by atoms with Gasteiger partial charge in [0.25, 0.3) is 5.79 Å². The molecule has 0 aliphatic carbocycles. The predicted octanol–water partition coefficient (Wildman–Crippen LogP) is 4.82. The quantitative estimate of drug-likeness (QED) is 0.441. The van der Waals surface area contributed by atoms with Crippen LogP contribution in [0.2, 0.25) is 0 Å². The van der Waals surface area contributed by atoms with Gasteiger partial charge in [0, 0.05) is 19.4 Å². The van der Waals surface area contributed by atoms with Crippen LogP contribution in [0.5, 0.6) is 11.5 Å². The molecule has 0 amide bonds. The highest BCUT2D eigenvalue weighted by Crippen LogP contribution is 2.33. The van der Waals surface area contributed by atoms with E-state index >= 15 is 0 Å². The zero-order chi connectivity index (χ0) is 19.6. The first-order valence-electron chi connectivity index (χ1n) is 8.81. The summed E-state index contributed by atoms with van der Waals surface area (Å²) in [5, 5.41) is 0. The van der Waals surface area contributed by atoms with Gasteiger partial charge in [0.1, 0.15) is 17.1 Å². The molecule has 3 rings (SSSR count). The highest BCUT2D eigenvalue weighted by atomic mass is 16.7. The fraction of sp³-hybridized carbons (Fsp3) is 0.273. The lowest BCUT2D eigenvalue weighted by molar-refractivity contribution is -0.222. The Morgan fingerprint density at radius 2 is 1.44 bits per heavy atom. The van der Waals surface area contributed by atoms with Crippen LogP contribution in [0, 0.1) is 0 Å². The SMILES string of the molecule is CC(C)c1ccccc1Oc1ccccc1C=C1C(=O)OC(C)(C)OC1=O. The Kier molecular flexibility index (Phi) is 5.04. The summed E-state index contributed by atoms with van der Waals surface area (Å²) in [5.74, 6) is -1.14. The smallest absolute Gasteiger partial charge is 0.348 e. The van der Waals surface area contributed by atoms with Crippen molar-refractivity contribution in [3.63, 3.8) is 0 Å². The first kappa shape index (κ1) is 18.7. The molecule has 27 heavy (non-hydrogen) atoms. The van der Waals surface area contributed by atoms with Gasteiger partial charge in [0.2, 0.25) is 0 Å². The standard InChI is InChI=1S/C22H22O5/c1-14(2)16-10-6-8-12-19(16)25-18-11-7-5-9-15(18)13-17-20(23)26-22(3,4)27-21(17)24/h5-14H,1-4H3.